The minimum atomic E-state index is 0. The topological polar surface area (TPSA) is 48.9 Å². The van der Waals surface area contributed by atoms with Gasteiger partial charge in [-0.1, -0.05) is 12.1 Å². The van der Waals surface area contributed by atoms with Crippen molar-refractivity contribution in [2.45, 2.75) is 26.4 Å². The molecule has 0 fully saturated rings. The number of halogens is 1. The normalized spacial score (nSPS) is 14.2. The molecular formula is C20H29IN4OS. The first kappa shape index (κ1) is 22.0. The van der Waals surface area contributed by atoms with Crippen LogP contribution in [0.2, 0.25) is 0 Å². The third kappa shape index (κ3) is 6.65. The molecule has 3 rings (SSSR count). The molecule has 1 aromatic heterocycles. The van der Waals surface area contributed by atoms with Crippen LogP contribution in [0, 0.1) is 0 Å². The van der Waals surface area contributed by atoms with Crippen LogP contribution in [0.4, 0.5) is 0 Å². The maximum Gasteiger partial charge on any atom is 0.191 e. The highest BCUT2D eigenvalue weighted by atomic mass is 127. The molecule has 1 aliphatic rings. The Morgan fingerprint density at radius 1 is 1.22 bits per heavy atom. The molecule has 0 bridgehead atoms. The molecule has 5 nitrogen and oxygen atoms in total. The van der Waals surface area contributed by atoms with Crippen LogP contribution in [0.15, 0.2) is 40.7 Å². The van der Waals surface area contributed by atoms with E-state index in [0.29, 0.717) is 6.54 Å². The Morgan fingerprint density at radius 3 is 2.78 bits per heavy atom. The Bertz CT molecular complexity index is 717. The lowest BCUT2D eigenvalue weighted by Crippen LogP contribution is -2.42. The summed E-state index contributed by atoms with van der Waals surface area (Å²) in [5, 5.41) is 8.99. The van der Waals surface area contributed by atoms with Crippen molar-refractivity contribution in [3.63, 3.8) is 0 Å². The van der Waals surface area contributed by atoms with Crippen LogP contribution in [0.5, 0.6) is 5.75 Å². The van der Waals surface area contributed by atoms with Gasteiger partial charge < -0.3 is 15.4 Å². The van der Waals surface area contributed by atoms with Crippen LogP contribution in [0.3, 0.4) is 0 Å². The van der Waals surface area contributed by atoms with Crippen molar-refractivity contribution in [2.75, 3.05) is 33.3 Å². The van der Waals surface area contributed by atoms with E-state index in [4.69, 9.17) is 4.74 Å². The number of aliphatic imine (C=N–C) groups is 1. The van der Waals surface area contributed by atoms with E-state index in [1.807, 2.05) is 23.5 Å². The number of methoxy groups -OCH3 is 1. The van der Waals surface area contributed by atoms with E-state index >= 15 is 0 Å². The van der Waals surface area contributed by atoms with Crippen molar-refractivity contribution < 1.29 is 4.74 Å². The lowest BCUT2D eigenvalue weighted by atomic mass is 10.1. The summed E-state index contributed by atoms with van der Waals surface area (Å²) in [6.07, 6.45) is 1.18. The molecule has 27 heavy (non-hydrogen) atoms. The fourth-order valence-corrected chi connectivity index (χ4v) is 3.96. The third-order valence-corrected chi connectivity index (χ3v) is 5.55. The molecule has 2 N–H and O–H groups in total. The molecule has 0 saturated heterocycles. The number of ether oxygens (including phenoxy) is 1. The molecule has 2 aromatic rings. The predicted molar refractivity (Wildman–Crippen MR) is 125 cm³/mol. The molecule has 0 atom stereocenters. The monoisotopic (exact) mass is 500 g/mol. The molecule has 0 radical (unpaired) electrons. The van der Waals surface area contributed by atoms with E-state index in [2.05, 4.69) is 51.0 Å². The summed E-state index contributed by atoms with van der Waals surface area (Å²) >= 11 is 1.89. The van der Waals surface area contributed by atoms with Gasteiger partial charge in [0.2, 0.25) is 0 Å². The Hall–Kier alpha value is -1.32. The zero-order chi connectivity index (χ0) is 18.2. The number of nitrogens with zero attached hydrogens (tertiary/aromatic N) is 2. The number of guanidine groups is 1. The van der Waals surface area contributed by atoms with Gasteiger partial charge >= 0.3 is 0 Å². The highest BCUT2D eigenvalue weighted by Crippen LogP contribution is 2.23. The SMILES string of the molecule is CCNC(=NCc1ccc(OC)cc1)NCCN1CCc2sccc2C1.I. The average molecular weight is 500 g/mol. The quantitative estimate of drug-likeness (QED) is 0.347. The van der Waals surface area contributed by atoms with Gasteiger partial charge in [0.05, 0.1) is 13.7 Å². The lowest BCUT2D eigenvalue weighted by molar-refractivity contribution is 0.260. The van der Waals surface area contributed by atoms with Crippen molar-refractivity contribution >= 4 is 41.3 Å². The van der Waals surface area contributed by atoms with Gasteiger partial charge in [-0.25, -0.2) is 4.99 Å². The van der Waals surface area contributed by atoms with Gasteiger partial charge in [-0.2, -0.15) is 0 Å². The highest BCUT2D eigenvalue weighted by molar-refractivity contribution is 14.0. The molecule has 7 heteroatoms. The summed E-state index contributed by atoms with van der Waals surface area (Å²) in [5.74, 6) is 1.75. The van der Waals surface area contributed by atoms with Gasteiger partial charge in [-0.3, -0.25) is 4.90 Å². The molecule has 0 saturated carbocycles. The van der Waals surface area contributed by atoms with Gasteiger partial charge in [-0.15, -0.1) is 35.3 Å². The number of hydrogen-bond donors (Lipinski definition) is 2. The number of benzene rings is 1. The molecular weight excluding hydrogens is 471 g/mol. The van der Waals surface area contributed by atoms with E-state index in [1.165, 1.54) is 17.5 Å². The highest BCUT2D eigenvalue weighted by Gasteiger charge is 2.16. The second-order valence-corrected chi connectivity index (χ2v) is 7.37. The van der Waals surface area contributed by atoms with Gasteiger partial charge in [0.15, 0.2) is 5.96 Å². The van der Waals surface area contributed by atoms with Gasteiger partial charge in [0, 0.05) is 37.6 Å². The Morgan fingerprint density at radius 2 is 2.04 bits per heavy atom. The standard InChI is InChI=1S/C20H28N4OS.HI/c1-3-21-20(23-14-16-4-6-18(25-2)7-5-16)22-10-12-24-11-8-19-17(15-24)9-13-26-19;/h4-7,9,13H,3,8,10-12,14-15H2,1-2H3,(H2,21,22,23);1H. The summed E-state index contributed by atoms with van der Waals surface area (Å²) in [7, 11) is 1.68. The van der Waals surface area contributed by atoms with Gasteiger partial charge in [0.25, 0.3) is 0 Å². The molecule has 148 valence electrons. The Balaban J connectivity index is 0.00000261. The first-order chi connectivity index (χ1) is 12.8. The van der Waals surface area contributed by atoms with Crippen LogP contribution in [0.1, 0.15) is 22.9 Å². The second-order valence-electron chi connectivity index (χ2n) is 6.37. The largest absolute Gasteiger partial charge is 0.497 e. The summed E-state index contributed by atoms with van der Waals surface area (Å²) in [4.78, 5) is 8.75. The number of rotatable bonds is 7. The molecule has 1 aromatic carbocycles. The predicted octanol–water partition coefficient (Wildman–Crippen LogP) is 3.49. The summed E-state index contributed by atoms with van der Waals surface area (Å²) in [6.45, 7) is 7.75. The molecule has 2 heterocycles. The minimum absolute atomic E-state index is 0. The van der Waals surface area contributed by atoms with Crippen LogP contribution < -0.4 is 15.4 Å². The molecule has 0 unspecified atom stereocenters. The van der Waals surface area contributed by atoms with Crippen LogP contribution in [-0.2, 0) is 19.5 Å². The Labute approximate surface area is 183 Å². The summed E-state index contributed by atoms with van der Waals surface area (Å²) in [5.41, 5.74) is 2.67. The van der Waals surface area contributed by atoms with E-state index in [-0.39, 0.29) is 24.0 Å². The Kier molecular flexibility index (Phi) is 9.36. The zero-order valence-corrected chi connectivity index (χ0v) is 19.2. The van der Waals surface area contributed by atoms with Gasteiger partial charge in [-0.05, 0) is 48.1 Å². The zero-order valence-electron chi connectivity index (χ0n) is 16.0. The van der Waals surface area contributed by atoms with Crippen molar-refractivity contribution in [2.24, 2.45) is 4.99 Å². The number of hydrogen-bond acceptors (Lipinski definition) is 4. The molecule has 1 aliphatic heterocycles. The van der Waals surface area contributed by atoms with Crippen molar-refractivity contribution in [1.82, 2.24) is 15.5 Å². The third-order valence-electron chi connectivity index (χ3n) is 4.53. The smallest absolute Gasteiger partial charge is 0.191 e. The fourth-order valence-electron chi connectivity index (χ4n) is 3.07. The van der Waals surface area contributed by atoms with Crippen molar-refractivity contribution in [3.05, 3.63) is 51.7 Å². The fraction of sp³-hybridized carbons (Fsp3) is 0.450. The molecule has 0 aliphatic carbocycles. The number of nitrogens with one attached hydrogen (secondary N) is 2. The minimum Gasteiger partial charge on any atom is -0.497 e. The lowest BCUT2D eigenvalue weighted by Gasteiger charge is -2.27. The maximum atomic E-state index is 5.20. The average Bonchev–Trinajstić information content (AvgIpc) is 3.14. The van der Waals surface area contributed by atoms with E-state index in [9.17, 15) is 0 Å². The summed E-state index contributed by atoms with van der Waals surface area (Å²) < 4.78 is 5.20. The maximum absolute atomic E-state index is 5.20. The van der Waals surface area contributed by atoms with E-state index < -0.39 is 0 Å². The molecule has 0 spiro atoms. The summed E-state index contributed by atoms with van der Waals surface area (Å²) in [6, 6.07) is 10.3. The van der Waals surface area contributed by atoms with E-state index in [0.717, 1.165) is 44.4 Å². The van der Waals surface area contributed by atoms with Crippen LogP contribution in [-0.4, -0.2) is 44.1 Å². The number of thiophene rings is 1. The van der Waals surface area contributed by atoms with E-state index in [1.54, 1.807) is 12.0 Å². The number of fused-ring (bicyclic) bond motifs is 1. The first-order valence-corrected chi connectivity index (χ1v) is 10.1. The van der Waals surface area contributed by atoms with Crippen molar-refractivity contribution in [3.8, 4) is 5.75 Å². The van der Waals surface area contributed by atoms with Crippen LogP contribution >= 0.6 is 35.3 Å². The van der Waals surface area contributed by atoms with Gasteiger partial charge in [0.1, 0.15) is 5.75 Å². The first-order valence-electron chi connectivity index (χ1n) is 9.21. The second kappa shape index (κ2) is 11.5. The molecule has 0 amide bonds. The van der Waals surface area contributed by atoms with Crippen LogP contribution in [0.25, 0.3) is 0 Å². The van der Waals surface area contributed by atoms with Crippen molar-refractivity contribution in [1.29, 1.82) is 0 Å².